The summed E-state index contributed by atoms with van der Waals surface area (Å²) < 4.78 is 27.5. The van der Waals surface area contributed by atoms with Crippen molar-refractivity contribution in [3.05, 3.63) is 58.1 Å². The lowest BCUT2D eigenvalue weighted by atomic mass is 9.98. The Labute approximate surface area is 141 Å². The van der Waals surface area contributed by atoms with Gasteiger partial charge in [0, 0.05) is 17.1 Å². The summed E-state index contributed by atoms with van der Waals surface area (Å²) in [6.07, 6.45) is -0.270. The van der Waals surface area contributed by atoms with Crippen LogP contribution in [0.15, 0.2) is 41.3 Å². The van der Waals surface area contributed by atoms with Crippen LogP contribution in [0.3, 0.4) is 0 Å². The second-order valence-corrected chi connectivity index (χ2v) is 8.07. The zero-order valence-corrected chi connectivity index (χ0v) is 14.5. The van der Waals surface area contributed by atoms with E-state index >= 15 is 0 Å². The van der Waals surface area contributed by atoms with Crippen LogP contribution >= 0.6 is 11.6 Å². The summed E-state index contributed by atoms with van der Waals surface area (Å²) in [6, 6.07) is 10.2. The van der Waals surface area contributed by atoms with Gasteiger partial charge in [-0.3, -0.25) is 4.31 Å². The van der Waals surface area contributed by atoms with Crippen molar-refractivity contribution in [2.45, 2.75) is 31.3 Å². The van der Waals surface area contributed by atoms with Gasteiger partial charge in [-0.2, -0.15) is 0 Å². The van der Waals surface area contributed by atoms with Crippen molar-refractivity contribution in [1.82, 2.24) is 0 Å². The second kappa shape index (κ2) is 5.82. The topological polar surface area (TPSA) is 57.6 Å². The number of rotatable bonds is 2. The van der Waals surface area contributed by atoms with E-state index in [1.807, 2.05) is 26.0 Å². The van der Waals surface area contributed by atoms with Gasteiger partial charge in [0.2, 0.25) is 0 Å². The molecule has 1 aliphatic heterocycles. The van der Waals surface area contributed by atoms with Crippen LogP contribution in [0.1, 0.15) is 29.2 Å². The third kappa shape index (κ3) is 2.73. The molecule has 1 N–H and O–H groups in total. The zero-order valence-electron chi connectivity index (χ0n) is 13.0. The van der Waals surface area contributed by atoms with Crippen LogP contribution in [0.25, 0.3) is 0 Å². The van der Waals surface area contributed by atoms with Crippen molar-refractivity contribution >= 4 is 27.3 Å². The Kier molecular flexibility index (Phi) is 4.12. The van der Waals surface area contributed by atoms with Crippen molar-refractivity contribution in [1.29, 1.82) is 0 Å². The second-order valence-electron chi connectivity index (χ2n) is 5.81. The normalized spacial score (nSPS) is 17.9. The molecule has 6 heteroatoms. The highest BCUT2D eigenvalue weighted by Crippen LogP contribution is 2.39. The highest BCUT2D eigenvalue weighted by atomic mass is 35.5. The van der Waals surface area contributed by atoms with E-state index in [0.717, 1.165) is 11.1 Å². The van der Waals surface area contributed by atoms with Gasteiger partial charge in [0.15, 0.2) is 0 Å². The molecule has 2 aromatic carbocycles. The predicted molar refractivity (Wildman–Crippen MR) is 91.5 cm³/mol. The van der Waals surface area contributed by atoms with E-state index in [-0.39, 0.29) is 11.4 Å². The largest absolute Gasteiger partial charge is 0.388 e. The molecular formula is C17H18ClNO3S. The minimum atomic E-state index is -3.72. The number of aliphatic hydroxyl groups is 1. The van der Waals surface area contributed by atoms with E-state index in [4.69, 9.17) is 11.6 Å². The number of sulfonamides is 1. The van der Waals surface area contributed by atoms with Gasteiger partial charge in [0.1, 0.15) is 0 Å². The number of hydrogen-bond acceptors (Lipinski definition) is 3. The van der Waals surface area contributed by atoms with Crippen LogP contribution in [0.5, 0.6) is 0 Å². The Bertz CT molecular complexity index is 864. The summed E-state index contributed by atoms with van der Waals surface area (Å²) in [5.41, 5.74) is 2.88. The molecule has 1 unspecified atom stereocenters. The number of fused-ring (bicyclic) bond motifs is 1. The molecule has 1 heterocycles. The molecule has 23 heavy (non-hydrogen) atoms. The molecule has 1 aliphatic rings. The van der Waals surface area contributed by atoms with E-state index < -0.39 is 16.1 Å². The first kappa shape index (κ1) is 16.3. The average Bonchev–Trinajstić information content (AvgIpc) is 2.51. The summed E-state index contributed by atoms with van der Waals surface area (Å²) in [6.45, 7) is 3.92. The molecule has 0 radical (unpaired) electrons. The lowest BCUT2D eigenvalue weighted by Crippen LogP contribution is -2.37. The standard InChI is InChI=1S/C17H18ClNO3S/c1-11-6-7-13(10-15(11)18)23(21,22)19-9-8-16(20)14-5-3-4-12(2)17(14)19/h3-7,10,16,20H,8-9H2,1-2H3. The SMILES string of the molecule is Cc1ccc(S(=O)(=O)N2CCC(O)c3cccc(C)c32)cc1Cl. The van der Waals surface area contributed by atoms with Gasteiger partial charge in [0.25, 0.3) is 10.0 Å². The van der Waals surface area contributed by atoms with Crippen LogP contribution in [0.2, 0.25) is 5.02 Å². The van der Waals surface area contributed by atoms with E-state index in [0.29, 0.717) is 22.7 Å². The number of aliphatic hydroxyl groups excluding tert-OH is 1. The van der Waals surface area contributed by atoms with Gasteiger partial charge < -0.3 is 5.11 Å². The van der Waals surface area contributed by atoms with Crippen LogP contribution < -0.4 is 4.31 Å². The smallest absolute Gasteiger partial charge is 0.264 e. The van der Waals surface area contributed by atoms with Gasteiger partial charge in [-0.05, 0) is 43.5 Å². The van der Waals surface area contributed by atoms with Crippen molar-refractivity contribution in [2.24, 2.45) is 0 Å². The van der Waals surface area contributed by atoms with Crippen LogP contribution in [0, 0.1) is 13.8 Å². The average molecular weight is 352 g/mol. The first-order valence-corrected chi connectivity index (χ1v) is 9.20. The molecule has 0 saturated carbocycles. The molecule has 0 amide bonds. The van der Waals surface area contributed by atoms with Gasteiger partial charge in [-0.1, -0.05) is 35.9 Å². The van der Waals surface area contributed by atoms with Gasteiger partial charge >= 0.3 is 0 Å². The minimum absolute atomic E-state index is 0.165. The molecule has 3 rings (SSSR count). The van der Waals surface area contributed by atoms with Crippen molar-refractivity contribution in [3.63, 3.8) is 0 Å². The first-order chi connectivity index (χ1) is 10.8. The van der Waals surface area contributed by atoms with Crippen molar-refractivity contribution in [3.8, 4) is 0 Å². The summed E-state index contributed by atoms with van der Waals surface area (Å²) in [4.78, 5) is 0.165. The summed E-state index contributed by atoms with van der Waals surface area (Å²) >= 11 is 6.09. The van der Waals surface area contributed by atoms with Gasteiger partial charge in [0.05, 0.1) is 16.7 Å². The van der Waals surface area contributed by atoms with Crippen molar-refractivity contribution in [2.75, 3.05) is 10.8 Å². The highest BCUT2D eigenvalue weighted by Gasteiger charge is 2.33. The lowest BCUT2D eigenvalue weighted by molar-refractivity contribution is 0.166. The molecule has 0 aromatic heterocycles. The third-order valence-corrected chi connectivity index (χ3v) is 6.42. The summed E-state index contributed by atoms with van der Waals surface area (Å²) in [5.74, 6) is 0. The molecule has 0 saturated heterocycles. The van der Waals surface area contributed by atoms with Crippen LogP contribution in [0.4, 0.5) is 5.69 Å². The minimum Gasteiger partial charge on any atom is -0.388 e. The number of aryl methyl sites for hydroxylation is 2. The number of hydrogen-bond donors (Lipinski definition) is 1. The molecule has 2 aromatic rings. The van der Waals surface area contributed by atoms with E-state index in [1.165, 1.54) is 10.4 Å². The third-order valence-electron chi connectivity index (χ3n) is 4.21. The number of anilines is 1. The molecule has 0 bridgehead atoms. The fraction of sp³-hybridized carbons (Fsp3) is 0.294. The Balaban J connectivity index is 2.15. The Hall–Kier alpha value is -1.56. The molecular weight excluding hydrogens is 334 g/mol. The summed E-state index contributed by atoms with van der Waals surface area (Å²) in [5, 5.41) is 10.6. The number of halogens is 1. The lowest BCUT2D eigenvalue weighted by Gasteiger charge is -2.34. The molecule has 0 fully saturated rings. The van der Waals surface area contributed by atoms with Gasteiger partial charge in [-0.25, -0.2) is 8.42 Å². The number of benzene rings is 2. The zero-order chi connectivity index (χ0) is 16.8. The Morgan fingerprint density at radius 3 is 2.61 bits per heavy atom. The van der Waals surface area contributed by atoms with E-state index in [9.17, 15) is 13.5 Å². The Morgan fingerprint density at radius 2 is 1.91 bits per heavy atom. The molecule has 4 nitrogen and oxygen atoms in total. The Morgan fingerprint density at radius 1 is 1.17 bits per heavy atom. The summed E-state index contributed by atoms with van der Waals surface area (Å²) in [7, 11) is -3.72. The van der Waals surface area contributed by atoms with Crippen LogP contribution in [-0.2, 0) is 10.0 Å². The molecule has 1 atom stereocenters. The monoisotopic (exact) mass is 351 g/mol. The van der Waals surface area contributed by atoms with E-state index in [2.05, 4.69) is 0 Å². The van der Waals surface area contributed by atoms with E-state index in [1.54, 1.807) is 18.2 Å². The fourth-order valence-corrected chi connectivity index (χ4v) is 4.74. The highest BCUT2D eigenvalue weighted by molar-refractivity contribution is 7.92. The maximum Gasteiger partial charge on any atom is 0.264 e. The number of para-hydroxylation sites is 1. The molecule has 0 spiro atoms. The number of nitrogens with zero attached hydrogens (tertiary/aromatic N) is 1. The first-order valence-electron chi connectivity index (χ1n) is 7.39. The predicted octanol–water partition coefficient (Wildman–Crippen LogP) is 3.59. The van der Waals surface area contributed by atoms with Gasteiger partial charge in [-0.15, -0.1) is 0 Å². The van der Waals surface area contributed by atoms with Crippen molar-refractivity contribution < 1.29 is 13.5 Å². The molecule has 122 valence electrons. The maximum atomic E-state index is 13.1. The quantitative estimate of drug-likeness (QED) is 0.899. The fourth-order valence-electron chi connectivity index (χ4n) is 2.90. The van der Waals surface area contributed by atoms with Crippen LogP contribution in [-0.4, -0.2) is 20.1 Å². The maximum absolute atomic E-state index is 13.1. The molecule has 0 aliphatic carbocycles.